The lowest BCUT2D eigenvalue weighted by Gasteiger charge is -2.26. The Morgan fingerprint density at radius 3 is 2.83 bits per heavy atom. The molecule has 2 aromatic rings. The molecule has 2 N–H and O–H groups in total. The van der Waals surface area contributed by atoms with Gasteiger partial charge in [0, 0.05) is 42.7 Å². The third-order valence-electron chi connectivity index (χ3n) is 5.01. The highest BCUT2D eigenvalue weighted by Crippen LogP contribution is 2.30. The standard InChI is InChI=1S/C19H20ClFN4O3S/c20-13-9-12(1-2-14(13)21)22-19(27)25-6-3-15-16(10-25)29-18(23-15)24-17(26)11-4-7-28-8-5-11/h1-2,9,11H,3-8,10H2,(H,22,27)(H,23,24,26). The van der Waals surface area contributed by atoms with Gasteiger partial charge in [0.2, 0.25) is 5.91 Å². The first-order valence-electron chi connectivity index (χ1n) is 9.38. The topological polar surface area (TPSA) is 83.6 Å². The molecule has 2 aliphatic rings. The molecule has 1 aromatic heterocycles. The average molecular weight is 439 g/mol. The number of benzene rings is 1. The van der Waals surface area contributed by atoms with Crippen molar-refractivity contribution >= 4 is 45.7 Å². The minimum absolute atomic E-state index is 0.0258. The van der Waals surface area contributed by atoms with E-state index < -0.39 is 5.82 Å². The van der Waals surface area contributed by atoms with E-state index in [0.29, 0.717) is 43.5 Å². The highest BCUT2D eigenvalue weighted by molar-refractivity contribution is 7.15. The minimum Gasteiger partial charge on any atom is -0.381 e. The first kappa shape index (κ1) is 20.1. The van der Waals surface area contributed by atoms with E-state index in [4.69, 9.17) is 16.3 Å². The maximum absolute atomic E-state index is 13.3. The fraction of sp³-hybridized carbons (Fsp3) is 0.421. The quantitative estimate of drug-likeness (QED) is 0.761. The van der Waals surface area contributed by atoms with Crippen molar-refractivity contribution in [2.24, 2.45) is 5.92 Å². The number of hydrogen-bond acceptors (Lipinski definition) is 5. The zero-order chi connectivity index (χ0) is 20.4. The van der Waals surface area contributed by atoms with E-state index in [2.05, 4.69) is 15.6 Å². The molecule has 0 bridgehead atoms. The summed E-state index contributed by atoms with van der Waals surface area (Å²) < 4.78 is 18.6. The first-order chi connectivity index (χ1) is 14.0. The molecule has 0 aliphatic carbocycles. The number of halogens is 2. The second-order valence-corrected chi connectivity index (χ2v) is 8.49. The number of ether oxygens (including phenoxy) is 1. The van der Waals surface area contributed by atoms with Crippen LogP contribution in [-0.2, 0) is 22.5 Å². The number of carbonyl (C=O) groups is 2. The van der Waals surface area contributed by atoms with Crippen LogP contribution < -0.4 is 10.6 Å². The van der Waals surface area contributed by atoms with Crippen molar-refractivity contribution in [2.75, 3.05) is 30.4 Å². The van der Waals surface area contributed by atoms with E-state index in [9.17, 15) is 14.0 Å². The largest absolute Gasteiger partial charge is 0.381 e. The molecule has 154 valence electrons. The summed E-state index contributed by atoms with van der Waals surface area (Å²) in [5, 5.41) is 6.16. The second-order valence-electron chi connectivity index (χ2n) is 7.00. The number of hydrogen-bond donors (Lipinski definition) is 2. The van der Waals surface area contributed by atoms with Gasteiger partial charge in [0.15, 0.2) is 5.13 Å². The molecule has 0 radical (unpaired) electrons. The zero-order valence-electron chi connectivity index (χ0n) is 15.5. The van der Waals surface area contributed by atoms with Crippen LogP contribution in [0.4, 0.5) is 20.0 Å². The fourth-order valence-electron chi connectivity index (χ4n) is 3.37. The number of urea groups is 1. The normalized spacial score (nSPS) is 17.0. The van der Waals surface area contributed by atoms with Crippen molar-refractivity contribution in [1.29, 1.82) is 0 Å². The van der Waals surface area contributed by atoms with E-state index in [1.54, 1.807) is 4.90 Å². The number of nitrogens with one attached hydrogen (secondary N) is 2. The second kappa shape index (κ2) is 8.64. The van der Waals surface area contributed by atoms with E-state index >= 15 is 0 Å². The highest BCUT2D eigenvalue weighted by Gasteiger charge is 2.26. The summed E-state index contributed by atoms with van der Waals surface area (Å²) in [5.41, 5.74) is 1.34. The Hall–Kier alpha value is -2.23. The summed E-state index contributed by atoms with van der Waals surface area (Å²) in [7, 11) is 0. The van der Waals surface area contributed by atoms with Crippen LogP contribution >= 0.6 is 22.9 Å². The van der Waals surface area contributed by atoms with Crippen LogP contribution in [0.5, 0.6) is 0 Å². The first-order valence-corrected chi connectivity index (χ1v) is 10.6. The summed E-state index contributed by atoms with van der Waals surface area (Å²) in [5.74, 6) is -0.607. The molecule has 1 aromatic carbocycles. The molecule has 29 heavy (non-hydrogen) atoms. The number of nitrogens with zero attached hydrogens (tertiary/aromatic N) is 2. The monoisotopic (exact) mass is 438 g/mol. The zero-order valence-corrected chi connectivity index (χ0v) is 17.1. The van der Waals surface area contributed by atoms with Crippen LogP contribution in [0.2, 0.25) is 5.02 Å². The van der Waals surface area contributed by atoms with Gasteiger partial charge >= 0.3 is 6.03 Å². The third kappa shape index (κ3) is 4.68. The maximum Gasteiger partial charge on any atom is 0.322 e. The van der Waals surface area contributed by atoms with Crippen LogP contribution in [0.1, 0.15) is 23.4 Å². The lowest BCUT2D eigenvalue weighted by atomic mass is 10.00. The van der Waals surface area contributed by atoms with E-state index in [1.165, 1.54) is 29.5 Å². The minimum atomic E-state index is -0.535. The maximum atomic E-state index is 13.3. The molecular formula is C19H20ClFN4O3S. The highest BCUT2D eigenvalue weighted by atomic mass is 35.5. The van der Waals surface area contributed by atoms with E-state index in [-0.39, 0.29) is 22.9 Å². The lowest BCUT2D eigenvalue weighted by molar-refractivity contribution is -0.122. The molecule has 1 fully saturated rings. The molecule has 0 unspecified atom stereocenters. The Kier molecular flexibility index (Phi) is 5.98. The smallest absolute Gasteiger partial charge is 0.322 e. The molecule has 0 saturated carbocycles. The van der Waals surface area contributed by atoms with Crippen molar-refractivity contribution in [3.63, 3.8) is 0 Å². The lowest BCUT2D eigenvalue weighted by Crippen LogP contribution is -2.38. The van der Waals surface area contributed by atoms with Gasteiger partial charge in [-0.05, 0) is 31.0 Å². The Morgan fingerprint density at radius 1 is 1.28 bits per heavy atom. The SMILES string of the molecule is O=C(Nc1nc2c(s1)CN(C(=O)Nc1ccc(F)c(Cl)c1)CC2)C1CCOCC1. The molecule has 10 heteroatoms. The molecular weight excluding hydrogens is 419 g/mol. The van der Waals surface area contributed by atoms with Crippen LogP contribution in [0.3, 0.4) is 0 Å². The van der Waals surface area contributed by atoms with Gasteiger partial charge in [0.25, 0.3) is 0 Å². The van der Waals surface area contributed by atoms with E-state index in [1.807, 2.05) is 0 Å². The van der Waals surface area contributed by atoms with Crippen LogP contribution in [0.25, 0.3) is 0 Å². The number of rotatable bonds is 3. The molecule has 0 spiro atoms. The van der Waals surface area contributed by atoms with Gasteiger partial charge in [0.1, 0.15) is 5.82 Å². The molecule has 4 rings (SSSR count). The average Bonchev–Trinajstić information content (AvgIpc) is 3.12. The molecule has 0 atom stereocenters. The molecule has 7 nitrogen and oxygen atoms in total. The Morgan fingerprint density at radius 2 is 2.07 bits per heavy atom. The number of aromatic nitrogens is 1. The number of carbonyl (C=O) groups excluding carboxylic acids is 2. The van der Waals surface area contributed by atoms with Crippen LogP contribution in [-0.4, -0.2) is 41.6 Å². The Bertz CT molecular complexity index is 932. The van der Waals surface area contributed by atoms with Gasteiger partial charge in [0.05, 0.1) is 17.3 Å². The predicted molar refractivity (Wildman–Crippen MR) is 109 cm³/mol. The summed E-state index contributed by atoms with van der Waals surface area (Å²) >= 11 is 7.16. The summed E-state index contributed by atoms with van der Waals surface area (Å²) in [6, 6.07) is 3.76. The third-order valence-corrected chi connectivity index (χ3v) is 6.30. The van der Waals surface area contributed by atoms with Crippen molar-refractivity contribution in [3.8, 4) is 0 Å². The van der Waals surface area contributed by atoms with Gasteiger partial charge in [-0.15, -0.1) is 0 Å². The fourth-order valence-corrected chi connectivity index (χ4v) is 4.57. The molecule has 3 heterocycles. The molecule has 1 saturated heterocycles. The number of thiazole rings is 1. The Labute approximate surface area is 176 Å². The van der Waals surface area contributed by atoms with Gasteiger partial charge in [-0.25, -0.2) is 14.2 Å². The molecule has 2 aliphatic heterocycles. The van der Waals surface area contributed by atoms with Crippen LogP contribution in [0.15, 0.2) is 18.2 Å². The number of fused-ring (bicyclic) bond motifs is 1. The summed E-state index contributed by atoms with van der Waals surface area (Å²) in [6.07, 6.45) is 2.05. The van der Waals surface area contributed by atoms with Crippen molar-refractivity contribution in [1.82, 2.24) is 9.88 Å². The summed E-state index contributed by atoms with van der Waals surface area (Å²) in [4.78, 5) is 32.1. The van der Waals surface area contributed by atoms with Gasteiger partial charge < -0.3 is 20.3 Å². The summed E-state index contributed by atoms with van der Waals surface area (Å²) in [6.45, 7) is 2.12. The van der Waals surface area contributed by atoms with Crippen molar-refractivity contribution in [2.45, 2.75) is 25.8 Å². The molecule has 3 amide bonds. The van der Waals surface area contributed by atoms with Crippen LogP contribution in [0, 0.1) is 11.7 Å². The van der Waals surface area contributed by atoms with Gasteiger partial charge in [-0.1, -0.05) is 22.9 Å². The van der Waals surface area contributed by atoms with E-state index in [0.717, 1.165) is 23.4 Å². The van der Waals surface area contributed by atoms with Gasteiger partial charge in [-0.3, -0.25) is 4.79 Å². The number of anilines is 2. The predicted octanol–water partition coefficient (Wildman–Crippen LogP) is 3.89. The van der Waals surface area contributed by atoms with Crippen molar-refractivity contribution in [3.05, 3.63) is 39.6 Å². The van der Waals surface area contributed by atoms with Gasteiger partial charge in [-0.2, -0.15) is 0 Å². The number of amides is 3. The van der Waals surface area contributed by atoms with Crippen molar-refractivity contribution < 1.29 is 18.7 Å². The Balaban J connectivity index is 1.37.